The fourth-order valence-corrected chi connectivity index (χ4v) is 1.99. The van der Waals surface area contributed by atoms with E-state index in [1.165, 1.54) is 6.92 Å². The van der Waals surface area contributed by atoms with Gasteiger partial charge in [-0.1, -0.05) is 13.8 Å². The molecule has 106 valence electrons. The minimum Gasteiger partial charge on any atom is -0.344 e. The van der Waals surface area contributed by atoms with Crippen molar-refractivity contribution in [3.05, 3.63) is 24.4 Å². The maximum atomic E-state index is 12.2. The fourth-order valence-electron chi connectivity index (χ4n) is 1.99. The lowest BCUT2D eigenvalue weighted by Crippen LogP contribution is -2.46. The third kappa shape index (κ3) is 3.14. The Labute approximate surface area is 116 Å². The van der Waals surface area contributed by atoms with Gasteiger partial charge in [-0.05, 0) is 24.1 Å². The second-order valence-electron chi connectivity index (χ2n) is 5.08. The van der Waals surface area contributed by atoms with E-state index < -0.39 is 6.04 Å². The van der Waals surface area contributed by atoms with Crippen molar-refractivity contribution in [2.75, 3.05) is 5.32 Å². The molecule has 20 heavy (non-hydrogen) atoms. The molecular weight excluding hydrogens is 256 g/mol. The van der Waals surface area contributed by atoms with Gasteiger partial charge in [0.1, 0.15) is 6.04 Å². The van der Waals surface area contributed by atoms with Crippen LogP contribution in [0.25, 0.3) is 10.9 Å². The number of carbonyl (C=O) groups excluding carboxylic acids is 2. The number of H-pyrrole nitrogens is 1. The predicted octanol–water partition coefficient (Wildman–Crippen LogP) is 1.66. The molecule has 2 aromatic rings. The highest BCUT2D eigenvalue weighted by Crippen LogP contribution is 2.17. The first kappa shape index (κ1) is 14.0. The molecule has 0 spiro atoms. The lowest BCUT2D eigenvalue weighted by Gasteiger charge is -2.20. The summed E-state index contributed by atoms with van der Waals surface area (Å²) in [6, 6.07) is 4.93. The highest BCUT2D eigenvalue weighted by atomic mass is 16.2. The normalized spacial score (nSPS) is 12.4. The van der Waals surface area contributed by atoms with Gasteiger partial charge in [0, 0.05) is 18.0 Å². The maximum absolute atomic E-state index is 12.2. The van der Waals surface area contributed by atoms with Crippen molar-refractivity contribution in [2.45, 2.75) is 26.8 Å². The van der Waals surface area contributed by atoms with Gasteiger partial charge < -0.3 is 10.6 Å². The van der Waals surface area contributed by atoms with Gasteiger partial charge in [0.05, 0.1) is 11.7 Å². The number of aromatic amines is 1. The number of aromatic nitrogens is 2. The summed E-state index contributed by atoms with van der Waals surface area (Å²) < 4.78 is 0. The van der Waals surface area contributed by atoms with Crippen LogP contribution in [-0.2, 0) is 9.59 Å². The Morgan fingerprint density at radius 1 is 1.30 bits per heavy atom. The Balaban J connectivity index is 2.14. The van der Waals surface area contributed by atoms with Crippen molar-refractivity contribution >= 4 is 28.4 Å². The van der Waals surface area contributed by atoms with E-state index >= 15 is 0 Å². The second-order valence-corrected chi connectivity index (χ2v) is 5.08. The first-order valence-electron chi connectivity index (χ1n) is 6.48. The van der Waals surface area contributed by atoms with E-state index in [0.29, 0.717) is 5.69 Å². The van der Waals surface area contributed by atoms with E-state index in [2.05, 4.69) is 20.8 Å². The van der Waals surface area contributed by atoms with Crippen molar-refractivity contribution in [1.29, 1.82) is 0 Å². The zero-order valence-electron chi connectivity index (χ0n) is 11.7. The van der Waals surface area contributed by atoms with Crippen LogP contribution in [-0.4, -0.2) is 28.1 Å². The Morgan fingerprint density at radius 2 is 2.05 bits per heavy atom. The number of amides is 2. The Hall–Kier alpha value is -2.37. The molecule has 0 aliphatic heterocycles. The van der Waals surface area contributed by atoms with Gasteiger partial charge in [0.2, 0.25) is 11.8 Å². The van der Waals surface area contributed by atoms with Crippen LogP contribution in [0.15, 0.2) is 24.4 Å². The quantitative estimate of drug-likeness (QED) is 0.792. The summed E-state index contributed by atoms with van der Waals surface area (Å²) >= 11 is 0. The molecule has 0 saturated carbocycles. The summed E-state index contributed by atoms with van der Waals surface area (Å²) in [4.78, 5) is 23.4. The zero-order chi connectivity index (χ0) is 14.7. The molecule has 2 amide bonds. The third-order valence-electron chi connectivity index (χ3n) is 3.02. The van der Waals surface area contributed by atoms with Gasteiger partial charge in [0.25, 0.3) is 0 Å². The molecular formula is C14H18N4O2. The van der Waals surface area contributed by atoms with E-state index in [1.54, 1.807) is 12.3 Å². The van der Waals surface area contributed by atoms with Crippen molar-refractivity contribution in [3.8, 4) is 0 Å². The summed E-state index contributed by atoms with van der Waals surface area (Å²) in [5.74, 6) is -0.432. The molecule has 1 atom stereocenters. The summed E-state index contributed by atoms with van der Waals surface area (Å²) in [5.41, 5.74) is 1.59. The minimum absolute atomic E-state index is 0.0107. The average molecular weight is 274 g/mol. The third-order valence-corrected chi connectivity index (χ3v) is 3.02. The minimum atomic E-state index is -0.549. The maximum Gasteiger partial charge on any atom is 0.247 e. The fraction of sp³-hybridized carbons (Fsp3) is 0.357. The Bertz CT molecular complexity index is 633. The monoisotopic (exact) mass is 274 g/mol. The summed E-state index contributed by atoms with van der Waals surface area (Å²) in [6.45, 7) is 5.18. The molecule has 0 saturated heterocycles. The van der Waals surface area contributed by atoms with Crippen LogP contribution < -0.4 is 10.6 Å². The van der Waals surface area contributed by atoms with Crippen molar-refractivity contribution in [3.63, 3.8) is 0 Å². The van der Waals surface area contributed by atoms with E-state index in [9.17, 15) is 9.59 Å². The molecule has 0 fully saturated rings. The van der Waals surface area contributed by atoms with Crippen LogP contribution in [0.3, 0.4) is 0 Å². The second kappa shape index (κ2) is 5.73. The summed E-state index contributed by atoms with van der Waals surface area (Å²) in [7, 11) is 0. The molecule has 2 rings (SSSR count). The highest BCUT2D eigenvalue weighted by molar-refractivity contribution is 5.98. The number of nitrogens with zero attached hydrogens (tertiary/aromatic N) is 1. The molecule has 0 radical (unpaired) electrons. The predicted molar refractivity (Wildman–Crippen MR) is 77.2 cm³/mol. The first-order chi connectivity index (χ1) is 9.47. The number of benzene rings is 1. The number of hydrogen-bond donors (Lipinski definition) is 3. The number of rotatable bonds is 4. The molecule has 1 unspecified atom stereocenters. The highest BCUT2D eigenvalue weighted by Gasteiger charge is 2.23. The first-order valence-corrected chi connectivity index (χ1v) is 6.48. The van der Waals surface area contributed by atoms with Crippen molar-refractivity contribution in [2.24, 2.45) is 5.92 Å². The van der Waals surface area contributed by atoms with Crippen LogP contribution in [0.4, 0.5) is 5.69 Å². The van der Waals surface area contributed by atoms with Crippen LogP contribution >= 0.6 is 0 Å². The zero-order valence-corrected chi connectivity index (χ0v) is 11.7. The van der Waals surface area contributed by atoms with Crippen LogP contribution in [0, 0.1) is 5.92 Å². The van der Waals surface area contributed by atoms with E-state index in [1.807, 2.05) is 26.0 Å². The average Bonchev–Trinajstić information content (AvgIpc) is 2.82. The van der Waals surface area contributed by atoms with Gasteiger partial charge >= 0.3 is 0 Å². The summed E-state index contributed by atoms with van der Waals surface area (Å²) in [5, 5.41) is 13.2. The number of anilines is 1. The van der Waals surface area contributed by atoms with Gasteiger partial charge in [-0.3, -0.25) is 14.7 Å². The van der Waals surface area contributed by atoms with Crippen LogP contribution in [0.1, 0.15) is 20.8 Å². The summed E-state index contributed by atoms with van der Waals surface area (Å²) in [6.07, 6.45) is 1.69. The molecule has 3 N–H and O–H groups in total. The van der Waals surface area contributed by atoms with Gasteiger partial charge in [0.15, 0.2) is 0 Å². The van der Waals surface area contributed by atoms with E-state index in [0.717, 1.165) is 10.9 Å². The molecule has 0 bridgehead atoms. The Morgan fingerprint density at radius 3 is 2.70 bits per heavy atom. The van der Waals surface area contributed by atoms with Gasteiger partial charge in [-0.2, -0.15) is 5.10 Å². The molecule has 1 heterocycles. The molecule has 6 heteroatoms. The Kier molecular flexibility index (Phi) is 4.02. The number of hydrogen-bond acceptors (Lipinski definition) is 3. The van der Waals surface area contributed by atoms with E-state index in [4.69, 9.17) is 0 Å². The van der Waals surface area contributed by atoms with Gasteiger partial charge in [-0.25, -0.2) is 0 Å². The number of nitrogens with one attached hydrogen (secondary N) is 3. The topological polar surface area (TPSA) is 86.9 Å². The largest absolute Gasteiger partial charge is 0.344 e. The molecule has 6 nitrogen and oxygen atoms in total. The molecule has 0 aliphatic carbocycles. The molecule has 1 aromatic heterocycles. The standard InChI is InChI=1S/C14H18N4O2/c1-8(2)13(16-9(3)19)14(20)17-11-4-5-12-10(6-11)7-15-18-12/h4-8,13H,1-3H3,(H,15,18)(H,16,19)(H,17,20). The van der Waals surface area contributed by atoms with Crippen molar-refractivity contribution < 1.29 is 9.59 Å². The number of fused-ring (bicyclic) bond motifs is 1. The van der Waals surface area contributed by atoms with Crippen LogP contribution in [0.2, 0.25) is 0 Å². The lowest BCUT2D eigenvalue weighted by molar-refractivity contribution is -0.126. The van der Waals surface area contributed by atoms with Gasteiger partial charge in [-0.15, -0.1) is 0 Å². The number of carbonyl (C=O) groups is 2. The SMILES string of the molecule is CC(=O)NC(C(=O)Nc1ccc2[nH]ncc2c1)C(C)C. The molecule has 1 aromatic carbocycles. The van der Waals surface area contributed by atoms with Crippen LogP contribution in [0.5, 0.6) is 0 Å². The lowest BCUT2D eigenvalue weighted by atomic mass is 10.0. The van der Waals surface area contributed by atoms with Crippen molar-refractivity contribution in [1.82, 2.24) is 15.5 Å². The van der Waals surface area contributed by atoms with E-state index in [-0.39, 0.29) is 17.7 Å². The molecule has 0 aliphatic rings. The smallest absolute Gasteiger partial charge is 0.247 e.